The Morgan fingerprint density at radius 3 is 2.28 bits per heavy atom. The summed E-state index contributed by atoms with van der Waals surface area (Å²) in [5, 5.41) is 26.4. The Kier molecular flexibility index (Phi) is 9.04. The minimum absolute atomic E-state index is 0.0374. The zero-order valence-corrected chi connectivity index (χ0v) is 21.0. The van der Waals surface area contributed by atoms with Gasteiger partial charge in [0.15, 0.2) is 0 Å². The lowest BCUT2D eigenvalue weighted by Gasteiger charge is -2.16. The molecule has 0 fully saturated rings. The van der Waals surface area contributed by atoms with Crippen LogP contribution in [0, 0.1) is 0 Å². The monoisotopic (exact) mass is 573 g/mol. The van der Waals surface area contributed by atoms with Gasteiger partial charge >= 0.3 is 5.97 Å². The van der Waals surface area contributed by atoms with E-state index in [4.69, 9.17) is 11.6 Å². The molecule has 5 N–H and O–H groups in total. The number of halogens is 2. The van der Waals surface area contributed by atoms with Crippen molar-refractivity contribution in [2.45, 2.75) is 12.6 Å². The number of carbonyl (C=O) groups excluding carboxylic acids is 3. The highest BCUT2D eigenvalue weighted by Crippen LogP contribution is 2.19. The Morgan fingerprint density at radius 2 is 1.61 bits per heavy atom. The van der Waals surface area contributed by atoms with Crippen LogP contribution in [0.2, 0.25) is 5.02 Å². The van der Waals surface area contributed by atoms with Gasteiger partial charge in [0.1, 0.15) is 11.8 Å². The SMILES string of the molecule is O=C(NCc1cccc(O)c1)c1ccc(C(=O)N[C@@H](CNC(=O)c2ccccc2Br)C(=O)O)c(Cl)c1. The average molecular weight is 575 g/mol. The molecule has 3 aromatic carbocycles. The smallest absolute Gasteiger partial charge is 0.328 e. The van der Waals surface area contributed by atoms with Gasteiger partial charge in [-0.15, -0.1) is 0 Å². The number of phenolic OH excluding ortho intramolecular Hbond substituents is 1. The molecule has 0 saturated heterocycles. The lowest BCUT2D eigenvalue weighted by atomic mass is 10.1. The van der Waals surface area contributed by atoms with Crippen molar-refractivity contribution in [3.8, 4) is 5.75 Å². The van der Waals surface area contributed by atoms with E-state index >= 15 is 0 Å². The number of carboxylic acid groups (broad SMARTS) is 1. The van der Waals surface area contributed by atoms with E-state index in [9.17, 15) is 29.4 Å². The van der Waals surface area contributed by atoms with Crippen molar-refractivity contribution in [3.05, 3.63) is 98.5 Å². The maximum Gasteiger partial charge on any atom is 0.328 e. The molecule has 0 unspecified atom stereocenters. The van der Waals surface area contributed by atoms with Crippen molar-refractivity contribution in [3.63, 3.8) is 0 Å². The van der Waals surface area contributed by atoms with Gasteiger partial charge < -0.3 is 26.2 Å². The number of aromatic hydroxyl groups is 1. The number of amides is 3. The second-order valence-corrected chi connectivity index (χ2v) is 8.86. The van der Waals surface area contributed by atoms with Crippen LogP contribution in [0.25, 0.3) is 0 Å². The summed E-state index contributed by atoms with van der Waals surface area (Å²) in [5.74, 6) is -3.02. The molecule has 0 aliphatic carbocycles. The molecule has 0 spiro atoms. The second-order valence-electron chi connectivity index (χ2n) is 7.60. The van der Waals surface area contributed by atoms with Crippen LogP contribution in [0.15, 0.2) is 71.2 Å². The standard InChI is InChI=1S/C25H21BrClN3O6/c26-19-7-2-1-6-17(19)23(33)29-13-21(25(35)36)30-24(34)18-9-8-15(11-20(18)27)22(32)28-12-14-4-3-5-16(31)10-14/h1-11,21,31H,12-13H2,(H,28,32)(H,29,33)(H,30,34)(H,35,36)/t21-/m0/s1. The fourth-order valence-corrected chi connectivity index (χ4v) is 3.89. The molecule has 0 saturated carbocycles. The van der Waals surface area contributed by atoms with E-state index < -0.39 is 29.7 Å². The summed E-state index contributed by atoms with van der Waals surface area (Å²) in [7, 11) is 0. The maximum atomic E-state index is 12.7. The Hall–Kier alpha value is -3.89. The first-order chi connectivity index (χ1) is 17.2. The Balaban J connectivity index is 1.61. The molecule has 1 atom stereocenters. The Bertz CT molecular complexity index is 1320. The van der Waals surface area contributed by atoms with Gasteiger partial charge in [0.05, 0.1) is 16.1 Å². The number of rotatable bonds is 9. The molecule has 3 amide bonds. The van der Waals surface area contributed by atoms with Crippen LogP contribution in [-0.2, 0) is 11.3 Å². The fourth-order valence-electron chi connectivity index (χ4n) is 3.16. The lowest BCUT2D eigenvalue weighted by molar-refractivity contribution is -0.139. The van der Waals surface area contributed by atoms with Crippen molar-refractivity contribution >= 4 is 51.2 Å². The predicted molar refractivity (Wildman–Crippen MR) is 136 cm³/mol. The van der Waals surface area contributed by atoms with Gasteiger partial charge in [0, 0.05) is 23.1 Å². The van der Waals surface area contributed by atoms with Crippen LogP contribution in [0.1, 0.15) is 36.6 Å². The third kappa shape index (κ3) is 7.06. The van der Waals surface area contributed by atoms with Crippen LogP contribution in [-0.4, -0.2) is 46.5 Å². The Morgan fingerprint density at radius 1 is 0.861 bits per heavy atom. The highest BCUT2D eigenvalue weighted by molar-refractivity contribution is 9.10. The van der Waals surface area contributed by atoms with Gasteiger partial charge in [-0.25, -0.2) is 4.79 Å². The molecular weight excluding hydrogens is 554 g/mol. The molecule has 0 aromatic heterocycles. The lowest BCUT2D eigenvalue weighted by Crippen LogP contribution is -2.48. The van der Waals surface area contributed by atoms with Gasteiger partial charge in [0.2, 0.25) is 0 Å². The highest BCUT2D eigenvalue weighted by atomic mass is 79.9. The van der Waals surface area contributed by atoms with Crippen LogP contribution in [0.3, 0.4) is 0 Å². The van der Waals surface area contributed by atoms with E-state index in [2.05, 4.69) is 31.9 Å². The van der Waals surface area contributed by atoms with Gasteiger partial charge in [-0.05, 0) is 64.0 Å². The van der Waals surface area contributed by atoms with Crippen molar-refractivity contribution in [1.82, 2.24) is 16.0 Å². The molecule has 0 aliphatic rings. The Labute approximate surface area is 219 Å². The zero-order chi connectivity index (χ0) is 26.2. The normalized spacial score (nSPS) is 11.3. The number of benzene rings is 3. The minimum atomic E-state index is -1.43. The van der Waals surface area contributed by atoms with E-state index in [0.29, 0.717) is 15.6 Å². The third-order valence-electron chi connectivity index (χ3n) is 5.03. The first kappa shape index (κ1) is 26.7. The summed E-state index contributed by atoms with van der Waals surface area (Å²) in [6.07, 6.45) is 0. The number of hydrogen-bond acceptors (Lipinski definition) is 5. The molecular formula is C25H21BrClN3O6. The molecule has 0 bridgehead atoms. The number of phenols is 1. The van der Waals surface area contributed by atoms with Crippen molar-refractivity contribution in [2.24, 2.45) is 0 Å². The molecule has 11 heteroatoms. The minimum Gasteiger partial charge on any atom is -0.508 e. The highest BCUT2D eigenvalue weighted by Gasteiger charge is 2.23. The van der Waals surface area contributed by atoms with E-state index in [-0.39, 0.29) is 35.0 Å². The van der Waals surface area contributed by atoms with Crippen LogP contribution in [0.5, 0.6) is 5.75 Å². The third-order valence-corrected chi connectivity index (χ3v) is 6.03. The molecule has 3 rings (SSSR count). The second kappa shape index (κ2) is 12.2. The summed E-state index contributed by atoms with van der Waals surface area (Å²) in [6, 6.07) is 15.6. The predicted octanol–water partition coefficient (Wildman–Crippen LogP) is 3.35. The number of carboxylic acids is 1. The van der Waals surface area contributed by atoms with Gasteiger partial charge in [-0.2, -0.15) is 0 Å². The molecule has 9 nitrogen and oxygen atoms in total. The van der Waals surface area contributed by atoms with Crippen molar-refractivity contribution in [2.75, 3.05) is 6.54 Å². The van der Waals surface area contributed by atoms with Gasteiger partial charge in [-0.1, -0.05) is 35.9 Å². The zero-order valence-electron chi connectivity index (χ0n) is 18.6. The number of carbonyl (C=O) groups is 4. The van der Waals surface area contributed by atoms with Crippen molar-refractivity contribution < 1.29 is 29.4 Å². The van der Waals surface area contributed by atoms with Crippen LogP contribution >= 0.6 is 27.5 Å². The van der Waals surface area contributed by atoms with Gasteiger partial charge in [-0.3, -0.25) is 14.4 Å². The summed E-state index contributed by atoms with van der Waals surface area (Å²) in [4.78, 5) is 49.1. The van der Waals surface area contributed by atoms with Crippen LogP contribution < -0.4 is 16.0 Å². The molecule has 0 heterocycles. The number of nitrogens with one attached hydrogen (secondary N) is 3. The summed E-state index contributed by atoms with van der Waals surface area (Å²) in [6.45, 7) is -0.201. The topological polar surface area (TPSA) is 145 Å². The maximum absolute atomic E-state index is 12.7. The van der Waals surface area contributed by atoms with E-state index in [1.54, 1.807) is 36.4 Å². The van der Waals surface area contributed by atoms with Crippen molar-refractivity contribution in [1.29, 1.82) is 0 Å². The summed E-state index contributed by atoms with van der Waals surface area (Å²) < 4.78 is 0.538. The molecule has 3 aromatic rings. The van der Waals surface area contributed by atoms with Gasteiger partial charge in [0.25, 0.3) is 17.7 Å². The fraction of sp³-hybridized carbons (Fsp3) is 0.120. The quantitative estimate of drug-likeness (QED) is 0.265. The van der Waals surface area contributed by atoms with E-state index in [0.717, 1.165) is 0 Å². The number of aliphatic carboxylic acids is 1. The first-order valence-corrected chi connectivity index (χ1v) is 11.7. The van der Waals surface area contributed by atoms with E-state index in [1.165, 1.54) is 30.3 Å². The largest absolute Gasteiger partial charge is 0.508 e. The number of hydrogen-bond donors (Lipinski definition) is 5. The average Bonchev–Trinajstić information content (AvgIpc) is 2.84. The molecule has 0 radical (unpaired) electrons. The first-order valence-electron chi connectivity index (χ1n) is 10.6. The van der Waals surface area contributed by atoms with Crippen LogP contribution in [0.4, 0.5) is 0 Å². The summed E-state index contributed by atoms with van der Waals surface area (Å²) in [5.41, 5.74) is 1.16. The molecule has 0 aliphatic heterocycles. The van der Waals surface area contributed by atoms with E-state index in [1.807, 2.05) is 0 Å². The molecule has 36 heavy (non-hydrogen) atoms. The summed E-state index contributed by atoms with van der Waals surface area (Å²) >= 11 is 9.45. The molecule has 186 valence electrons.